The summed E-state index contributed by atoms with van der Waals surface area (Å²) in [6.45, 7) is 5.82. The molecule has 0 saturated carbocycles. The number of hydrogen-bond acceptors (Lipinski definition) is 3. The van der Waals surface area contributed by atoms with Crippen molar-refractivity contribution in [2.24, 2.45) is 7.05 Å². The standard InChI is InChI=1S/C9H16ClN3O2S/c1-5-13(7(2)3)16(14,15)9-8(10)12(4)6-11-9/h6-7H,5H2,1-4H3. The summed E-state index contributed by atoms with van der Waals surface area (Å²) in [5, 5.41) is 0.0614. The van der Waals surface area contributed by atoms with Crippen LogP contribution in [0.3, 0.4) is 0 Å². The van der Waals surface area contributed by atoms with E-state index in [0.717, 1.165) is 0 Å². The summed E-state index contributed by atoms with van der Waals surface area (Å²) in [6, 6.07) is -0.118. The third-order valence-electron chi connectivity index (χ3n) is 2.28. The van der Waals surface area contributed by atoms with E-state index in [4.69, 9.17) is 11.6 Å². The first-order chi connectivity index (χ1) is 7.32. The fraction of sp³-hybridized carbons (Fsp3) is 0.667. The fourth-order valence-corrected chi connectivity index (χ4v) is 3.53. The molecule has 1 aromatic rings. The van der Waals surface area contributed by atoms with E-state index >= 15 is 0 Å². The highest BCUT2D eigenvalue weighted by atomic mass is 35.5. The van der Waals surface area contributed by atoms with Crippen LogP contribution in [0.25, 0.3) is 0 Å². The molecular formula is C9H16ClN3O2S. The zero-order chi connectivity index (χ0) is 12.5. The Kier molecular flexibility index (Phi) is 3.98. The van der Waals surface area contributed by atoms with Gasteiger partial charge in [-0.1, -0.05) is 18.5 Å². The highest BCUT2D eigenvalue weighted by molar-refractivity contribution is 7.89. The number of rotatable bonds is 4. The molecule has 7 heteroatoms. The lowest BCUT2D eigenvalue weighted by Gasteiger charge is -2.23. The van der Waals surface area contributed by atoms with Gasteiger partial charge in [0.15, 0.2) is 0 Å². The molecule has 0 bridgehead atoms. The van der Waals surface area contributed by atoms with Gasteiger partial charge in [0.05, 0.1) is 6.33 Å². The quantitative estimate of drug-likeness (QED) is 0.829. The van der Waals surface area contributed by atoms with E-state index < -0.39 is 10.0 Å². The molecule has 0 spiro atoms. The Morgan fingerprint density at radius 1 is 1.56 bits per heavy atom. The number of nitrogens with zero attached hydrogens (tertiary/aromatic N) is 3. The number of aromatic nitrogens is 2. The van der Waals surface area contributed by atoms with Gasteiger partial charge < -0.3 is 4.57 Å². The second-order valence-electron chi connectivity index (χ2n) is 3.75. The van der Waals surface area contributed by atoms with Gasteiger partial charge in [0, 0.05) is 19.6 Å². The van der Waals surface area contributed by atoms with E-state index in [1.165, 1.54) is 15.2 Å². The molecule has 0 aliphatic carbocycles. The minimum Gasteiger partial charge on any atom is -0.324 e. The Labute approximate surface area is 101 Å². The third kappa shape index (κ3) is 2.23. The second kappa shape index (κ2) is 4.73. The molecule has 0 aromatic carbocycles. The largest absolute Gasteiger partial charge is 0.324 e. The fourth-order valence-electron chi connectivity index (χ4n) is 1.49. The Hall–Kier alpha value is -0.590. The van der Waals surface area contributed by atoms with Crippen molar-refractivity contribution in [3.8, 4) is 0 Å². The topological polar surface area (TPSA) is 55.2 Å². The summed E-state index contributed by atoms with van der Waals surface area (Å²) < 4.78 is 27.2. The number of sulfonamides is 1. The van der Waals surface area contributed by atoms with Gasteiger partial charge in [0.1, 0.15) is 5.15 Å². The molecule has 92 valence electrons. The Bertz CT molecular complexity index is 467. The monoisotopic (exact) mass is 265 g/mol. The van der Waals surface area contributed by atoms with E-state index in [0.29, 0.717) is 6.54 Å². The molecule has 1 heterocycles. The Morgan fingerprint density at radius 2 is 2.12 bits per heavy atom. The van der Waals surface area contributed by atoms with Crippen molar-refractivity contribution < 1.29 is 8.42 Å². The Balaban J connectivity index is 3.26. The van der Waals surface area contributed by atoms with Crippen LogP contribution >= 0.6 is 11.6 Å². The van der Waals surface area contributed by atoms with E-state index in [1.807, 2.05) is 13.8 Å². The maximum atomic E-state index is 12.2. The van der Waals surface area contributed by atoms with Crippen LogP contribution in [0.15, 0.2) is 11.4 Å². The molecule has 0 atom stereocenters. The zero-order valence-electron chi connectivity index (χ0n) is 9.81. The lowest BCUT2D eigenvalue weighted by Crippen LogP contribution is -2.37. The summed E-state index contributed by atoms with van der Waals surface area (Å²) in [7, 11) is -1.94. The molecule has 0 unspecified atom stereocenters. The van der Waals surface area contributed by atoms with Gasteiger partial charge in [-0.05, 0) is 13.8 Å². The van der Waals surface area contributed by atoms with Crippen LogP contribution in [0.4, 0.5) is 0 Å². The number of imidazole rings is 1. The summed E-state index contributed by atoms with van der Waals surface area (Å²) in [4.78, 5) is 3.84. The lowest BCUT2D eigenvalue weighted by atomic mass is 10.4. The molecule has 0 amide bonds. The highest BCUT2D eigenvalue weighted by Gasteiger charge is 2.30. The summed E-state index contributed by atoms with van der Waals surface area (Å²) in [5.74, 6) is 0. The predicted octanol–water partition coefficient (Wildman–Crippen LogP) is 1.49. The molecule has 16 heavy (non-hydrogen) atoms. The van der Waals surface area contributed by atoms with Gasteiger partial charge in [0.2, 0.25) is 5.03 Å². The average Bonchev–Trinajstić information content (AvgIpc) is 2.47. The van der Waals surface area contributed by atoms with Crippen LogP contribution < -0.4 is 0 Å². The molecule has 0 aliphatic heterocycles. The lowest BCUT2D eigenvalue weighted by molar-refractivity contribution is 0.368. The van der Waals surface area contributed by atoms with Gasteiger partial charge in [-0.2, -0.15) is 4.31 Å². The molecule has 0 radical (unpaired) electrons. The van der Waals surface area contributed by atoms with Crippen LogP contribution in [-0.2, 0) is 17.1 Å². The van der Waals surface area contributed by atoms with Crippen LogP contribution in [0, 0.1) is 0 Å². The summed E-state index contributed by atoms with van der Waals surface area (Å²) in [5.41, 5.74) is 0. The van der Waals surface area contributed by atoms with E-state index in [-0.39, 0.29) is 16.2 Å². The van der Waals surface area contributed by atoms with Gasteiger partial charge >= 0.3 is 0 Å². The van der Waals surface area contributed by atoms with Crippen molar-refractivity contribution in [1.29, 1.82) is 0 Å². The molecule has 0 aliphatic rings. The average molecular weight is 266 g/mol. The van der Waals surface area contributed by atoms with Crippen LogP contribution in [0.5, 0.6) is 0 Å². The number of halogens is 1. The Morgan fingerprint density at radius 3 is 2.44 bits per heavy atom. The van der Waals surface area contributed by atoms with Crippen LogP contribution in [0.2, 0.25) is 5.15 Å². The van der Waals surface area contributed by atoms with Gasteiger partial charge in [0.25, 0.3) is 10.0 Å². The van der Waals surface area contributed by atoms with Crippen molar-refractivity contribution in [2.75, 3.05) is 6.54 Å². The van der Waals surface area contributed by atoms with E-state index in [1.54, 1.807) is 14.0 Å². The number of hydrogen-bond donors (Lipinski definition) is 0. The van der Waals surface area contributed by atoms with Gasteiger partial charge in [-0.15, -0.1) is 0 Å². The maximum absolute atomic E-state index is 12.2. The molecule has 1 aromatic heterocycles. The van der Waals surface area contributed by atoms with Crippen molar-refractivity contribution in [2.45, 2.75) is 31.8 Å². The zero-order valence-corrected chi connectivity index (χ0v) is 11.4. The molecule has 0 N–H and O–H groups in total. The molecule has 0 fully saturated rings. The summed E-state index contributed by atoms with van der Waals surface area (Å²) in [6.07, 6.45) is 1.39. The second-order valence-corrected chi connectivity index (χ2v) is 5.92. The molecule has 1 rings (SSSR count). The van der Waals surface area contributed by atoms with Gasteiger partial charge in [-0.25, -0.2) is 13.4 Å². The molecule has 0 saturated heterocycles. The van der Waals surface area contributed by atoms with Crippen molar-refractivity contribution in [1.82, 2.24) is 13.9 Å². The molecular weight excluding hydrogens is 250 g/mol. The van der Waals surface area contributed by atoms with Crippen molar-refractivity contribution in [3.05, 3.63) is 11.5 Å². The predicted molar refractivity (Wildman–Crippen MR) is 62.9 cm³/mol. The normalized spacial score (nSPS) is 12.7. The maximum Gasteiger partial charge on any atom is 0.263 e. The van der Waals surface area contributed by atoms with E-state index in [9.17, 15) is 8.42 Å². The van der Waals surface area contributed by atoms with E-state index in [2.05, 4.69) is 4.98 Å². The van der Waals surface area contributed by atoms with Crippen LogP contribution in [-0.4, -0.2) is 34.9 Å². The first kappa shape index (κ1) is 13.5. The smallest absolute Gasteiger partial charge is 0.263 e. The third-order valence-corrected chi connectivity index (χ3v) is 4.92. The van der Waals surface area contributed by atoms with Gasteiger partial charge in [-0.3, -0.25) is 0 Å². The SMILES string of the molecule is CCN(C(C)C)S(=O)(=O)c1ncn(C)c1Cl. The molecule has 5 nitrogen and oxygen atoms in total. The van der Waals surface area contributed by atoms with Crippen LogP contribution in [0.1, 0.15) is 20.8 Å². The highest BCUT2D eigenvalue weighted by Crippen LogP contribution is 2.23. The minimum absolute atomic E-state index is 0.0767. The first-order valence-corrected chi connectivity index (χ1v) is 6.82. The number of aryl methyl sites for hydroxylation is 1. The van der Waals surface area contributed by atoms with Crippen molar-refractivity contribution in [3.63, 3.8) is 0 Å². The first-order valence-electron chi connectivity index (χ1n) is 5.01. The van der Waals surface area contributed by atoms with Crippen molar-refractivity contribution >= 4 is 21.6 Å². The minimum atomic E-state index is -3.59. The summed E-state index contributed by atoms with van der Waals surface area (Å²) >= 11 is 5.89.